The standard InChI is InChI=1S/C11H16BrNO2/c1-3-10(13-15-4-2)9-7-8(12)5-6-11(9)14/h5-7,10,13-14H,3-4H2,1-2H3. The predicted molar refractivity (Wildman–Crippen MR) is 63.6 cm³/mol. The highest BCUT2D eigenvalue weighted by molar-refractivity contribution is 9.10. The summed E-state index contributed by atoms with van der Waals surface area (Å²) in [6, 6.07) is 5.40. The van der Waals surface area contributed by atoms with Crippen LogP contribution in [0.5, 0.6) is 5.75 Å². The molecule has 1 unspecified atom stereocenters. The number of hydrogen-bond donors (Lipinski definition) is 2. The third-order valence-electron chi connectivity index (χ3n) is 2.14. The molecule has 0 heterocycles. The van der Waals surface area contributed by atoms with E-state index in [0.29, 0.717) is 6.61 Å². The molecule has 15 heavy (non-hydrogen) atoms. The first-order chi connectivity index (χ1) is 7.19. The molecule has 1 aromatic rings. The molecule has 0 aliphatic rings. The van der Waals surface area contributed by atoms with Crippen LogP contribution in [-0.2, 0) is 4.84 Å². The molecule has 84 valence electrons. The van der Waals surface area contributed by atoms with Gasteiger partial charge in [-0.1, -0.05) is 22.9 Å². The minimum atomic E-state index is 0.0162. The van der Waals surface area contributed by atoms with Crippen LogP contribution in [0.1, 0.15) is 31.9 Å². The molecule has 0 aliphatic carbocycles. The van der Waals surface area contributed by atoms with Crippen LogP contribution in [0.3, 0.4) is 0 Å². The zero-order chi connectivity index (χ0) is 11.3. The molecule has 0 radical (unpaired) electrons. The molecule has 0 amide bonds. The van der Waals surface area contributed by atoms with Crippen molar-refractivity contribution in [1.29, 1.82) is 0 Å². The van der Waals surface area contributed by atoms with Gasteiger partial charge < -0.3 is 9.94 Å². The first-order valence-corrected chi connectivity index (χ1v) is 5.84. The van der Waals surface area contributed by atoms with Crippen molar-refractivity contribution in [3.63, 3.8) is 0 Å². The van der Waals surface area contributed by atoms with Crippen molar-refractivity contribution in [3.05, 3.63) is 28.2 Å². The summed E-state index contributed by atoms with van der Waals surface area (Å²) in [6.07, 6.45) is 0.851. The molecule has 0 saturated heterocycles. The average Bonchev–Trinajstić information content (AvgIpc) is 2.24. The Labute approximate surface area is 98.5 Å². The molecule has 2 N–H and O–H groups in total. The summed E-state index contributed by atoms with van der Waals surface area (Å²) < 4.78 is 0.951. The van der Waals surface area contributed by atoms with Crippen molar-refractivity contribution in [2.45, 2.75) is 26.3 Å². The van der Waals surface area contributed by atoms with Crippen LogP contribution >= 0.6 is 15.9 Å². The van der Waals surface area contributed by atoms with E-state index in [0.717, 1.165) is 16.5 Å². The van der Waals surface area contributed by atoms with E-state index >= 15 is 0 Å². The number of halogens is 1. The van der Waals surface area contributed by atoms with Gasteiger partial charge in [0.15, 0.2) is 0 Å². The zero-order valence-corrected chi connectivity index (χ0v) is 10.5. The maximum atomic E-state index is 9.72. The summed E-state index contributed by atoms with van der Waals surface area (Å²) in [4.78, 5) is 5.16. The summed E-state index contributed by atoms with van der Waals surface area (Å²) in [5.41, 5.74) is 3.77. The fraction of sp³-hybridized carbons (Fsp3) is 0.455. The Balaban J connectivity index is 2.85. The second-order valence-electron chi connectivity index (χ2n) is 3.21. The number of rotatable bonds is 5. The first-order valence-electron chi connectivity index (χ1n) is 5.04. The van der Waals surface area contributed by atoms with Gasteiger partial charge in [0.05, 0.1) is 12.6 Å². The van der Waals surface area contributed by atoms with E-state index in [4.69, 9.17) is 4.84 Å². The van der Waals surface area contributed by atoms with Crippen molar-refractivity contribution >= 4 is 15.9 Å². The van der Waals surface area contributed by atoms with E-state index in [-0.39, 0.29) is 11.8 Å². The van der Waals surface area contributed by atoms with Crippen molar-refractivity contribution < 1.29 is 9.94 Å². The highest BCUT2D eigenvalue weighted by Crippen LogP contribution is 2.29. The van der Waals surface area contributed by atoms with Crippen molar-refractivity contribution in [1.82, 2.24) is 5.48 Å². The Morgan fingerprint density at radius 3 is 2.80 bits per heavy atom. The van der Waals surface area contributed by atoms with Gasteiger partial charge >= 0.3 is 0 Å². The number of phenols is 1. The Bertz CT molecular complexity index is 317. The second-order valence-corrected chi connectivity index (χ2v) is 4.13. The summed E-state index contributed by atoms with van der Waals surface area (Å²) in [6.45, 7) is 4.56. The predicted octanol–water partition coefficient (Wildman–Crippen LogP) is 3.15. The lowest BCUT2D eigenvalue weighted by Crippen LogP contribution is -2.21. The number of hydroxylamine groups is 1. The van der Waals surface area contributed by atoms with Gasteiger partial charge in [-0.2, -0.15) is 5.48 Å². The van der Waals surface area contributed by atoms with E-state index in [2.05, 4.69) is 21.4 Å². The van der Waals surface area contributed by atoms with Gasteiger partial charge in [-0.05, 0) is 31.5 Å². The van der Waals surface area contributed by atoms with Gasteiger partial charge in [0, 0.05) is 10.0 Å². The lowest BCUT2D eigenvalue weighted by molar-refractivity contribution is 0.0225. The Hall–Kier alpha value is -0.580. The first kappa shape index (κ1) is 12.5. The van der Waals surface area contributed by atoms with Crippen LogP contribution < -0.4 is 5.48 Å². The Kier molecular flexibility index (Phi) is 5.08. The molecule has 0 bridgehead atoms. The average molecular weight is 274 g/mol. The van der Waals surface area contributed by atoms with E-state index in [1.165, 1.54) is 0 Å². The van der Waals surface area contributed by atoms with Gasteiger partial charge in [0.2, 0.25) is 0 Å². The zero-order valence-electron chi connectivity index (χ0n) is 8.96. The molecular weight excluding hydrogens is 258 g/mol. The lowest BCUT2D eigenvalue weighted by Gasteiger charge is -2.17. The fourth-order valence-corrected chi connectivity index (χ4v) is 1.73. The van der Waals surface area contributed by atoms with Gasteiger partial charge in [-0.15, -0.1) is 0 Å². The molecule has 1 atom stereocenters. The Morgan fingerprint density at radius 2 is 2.20 bits per heavy atom. The van der Waals surface area contributed by atoms with Gasteiger partial charge in [-0.3, -0.25) is 0 Å². The number of benzene rings is 1. The van der Waals surface area contributed by atoms with Gasteiger partial charge in [-0.25, -0.2) is 0 Å². The number of hydrogen-bond acceptors (Lipinski definition) is 3. The molecule has 0 fully saturated rings. The van der Waals surface area contributed by atoms with Crippen LogP contribution in [0.2, 0.25) is 0 Å². The van der Waals surface area contributed by atoms with Crippen LogP contribution in [0.25, 0.3) is 0 Å². The molecule has 4 heteroatoms. The van der Waals surface area contributed by atoms with Crippen LogP contribution in [-0.4, -0.2) is 11.7 Å². The Morgan fingerprint density at radius 1 is 1.47 bits per heavy atom. The molecule has 1 rings (SSSR count). The smallest absolute Gasteiger partial charge is 0.120 e. The third-order valence-corrected chi connectivity index (χ3v) is 2.64. The minimum absolute atomic E-state index is 0.0162. The van der Waals surface area contributed by atoms with Crippen molar-refractivity contribution in [2.75, 3.05) is 6.61 Å². The van der Waals surface area contributed by atoms with E-state index in [9.17, 15) is 5.11 Å². The second kappa shape index (κ2) is 6.10. The SMILES string of the molecule is CCONC(CC)c1cc(Br)ccc1O. The fourth-order valence-electron chi connectivity index (χ4n) is 1.36. The monoisotopic (exact) mass is 273 g/mol. The topological polar surface area (TPSA) is 41.5 Å². The molecule has 0 aliphatic heterocycles. The van der Waals surface area contributed by atoms with Crippen molar-refractivity contribution in [2.24, 2.45) is 0 Å². The number of aromatic hydroxyl groups is 1. The van der Waals surface area contributed by atoms with Crippen LogP contribution in [0.15, 0.2) is 22.7 Å². The molecule has 0 saturated carbocycles. The third kappa shape index (κ3) is 3.48. The van der Waals surface area contributed by atoms with Crippen LogP contribution in [0.4, 0.5) is 0 Å². The molecule has 1 aromatic carbocycles. The van der Waals surface area contributed by atoms with Crippen LogP contribution in [0, 0.1) is 0 Å². The number of phenolic OH excluding ortho intramolecular Hbond substituents is 1. The highest BCUT2D eigenvalue weighted by Gasteiger charge is 2.13. The van der Waals surface area contributed by atoms with E-state index < -0.39 is 0 Å². The molecular formula is C11H16BrNO2. The summed E-state index contributed by atoms with van der Waals surface area (Å²) in [7, 11) is 0. The summed E-state index contributed by atoms with van der Waals surface area (Å²) in [5.74, 6) is 0.289. The maximum absolute atomic E-state index is 9.72. The van der Waals surface area contributed by atoms with E-state index in [1.54, 1.807) is 6.07 Å². The quantitative estimate of drug-likeness (QED) is 0.810. The number of nitrogens with one attached hydrogen (secondary N) is 1. The molecule has 0 aromatic heterocycles. The van der Waals surface area contributed by atoms with Gasteiger partial charge in [0.1, 0.15) is 5.75 Å². The van der Waals surface area contributed by atoms with Crippen molar-refractivity contribution in [3.8, 4) is 5.75 Å². The highest BCUT2D eigenvalue weighted by atomic mass is 79.9. The summed E-state index contributed by atoms with van der Waals surface area (Å²) in [5, 5.41) is 9.72. The maximum Gasteiger partial charge on any atom is 0.120 e. The normalized spacial score (nSPS) is 12.7. The summed E-state index contributed by atoms with van der Waals surface area (Å²) >= 11 is 3.38. The minimum Gasteiger partial charge on any atom is -0.508 e. The molecule has 3 nitrogen and oxygen atoms in total. The van der Waals surface area contributed by atoms with E-state index in [1.807, 2.05) is 26.0 Å². The van der Waals surface area contributed by atoms with Gasteiger partial charge in [0.25, 0.3) is 0 Å². The lowest BCUT2D eigenvalue weighted by atomic mass is 10.0. The largest absolute Gasteiger partial charge is 0.508 e. The molecule has 0 spiro atoms.